The van der Waals surface area contributed by atoms with E-state index in [2.05, 4.69) is 27.2 Å². The number of rotatable bonds is 4. The van der Waals surface area contributed by atoms with Crippen LogP contribution >= 0.6 is 0 Å². The summed E-state index contributed by atoms with van der Waals surface area (Å²) in [6.45, 7) is 4.34. The van der Waals surface area contributed by atoms with Crippen molar-refractivity contribution in [3.05, 3.63) is 35.7 Å². The van der Waals surface area contributed by atoms with Crippen LogP contribution in [0.1, 0.15) is 24.6 Å². The molecule has 2 aromatic rings. The smallest absolute Gasteiger partial charge is 0.180 e. The van der Waals surface area contributed by atoms with Gasteiger partial charge in [-0.2, -0.15) is 0 Å². The van der Waals surface area contributed by atoms with Crippen LogP contribution in [0.4, 0.5) is 5.82 Å². The van der Waals surface area contributed by atoms with Gasteiger partial charge < -0.3 is 10.1 Å². The van der Waals surface area contributed by atoms with Crippen LogP contribution in [0.25, 0.3) is 11.5 Å². The van der Waals surface area contributed by atoms with Crippen molar-refractivity contribution in [3.63, 3.8) is 0 Å². The van der Waals surface area contributed by atoms with Crippen LogP contribution in [-0.2, 0) is 17.8 Å². The second-order valence-electron chi connectivity index (χ2n) is 4.77. The van der Waals surface area contributed by atoms with Crippen molar-refractivity contribution in [3.8, 4) is 11.5 Å². The van der Waals surface area contributed by atoms with Crippen LogP contribution in [0.3, 0.4) is 0 Å². The number of nitrogens with one attached hydrogen (secondary N) is 1. The molecule has 20 heavy (non-hydrogen) atoms. The molecule has 0 bridgehead atoms. The summed E-state index contributed by atoms with van der Waals surface area (Å²) in [7, 11) is 0. The monoisotopic (exact) mass is 270 g/mol. The minimum absolute atomic E-state index is 0.587. The largest absolute Gasteiger partial charge is 0.376 e. The molecule has 5 heteroatoms. The zero-order valence-electron chi connectivity index (χ0n) is 11.6. The molecule has 0 saturated heterocycles. The van der Waals surface area contributed by atoms with Gasteiger partial charge in [0.25, 0.3) is 0 Å². The Labute approximate surface area is 118 Å². The lowest BCUT2D eigenvalue weighted by atomic mass is 10.1. The Bertz CT molecular complexity index is 586. The summed E-state index contributed by atoms with van der Waals surface area (Å²) in [5, 5.41) is 3.37. The van der Waals surface area contributed by atoms with E-state index in [4.69, 9.17) is 4.74 Å². The van der Waals surface area contributed by atoms with Crippen molar-refractivity contribution in [1.82, 2.24) is 15.0 Å². The maximum Gasteiger partial charge on any atom is 0.180 e. The third-order valence-electron chi connectivity index (χ3n) is 3.26. The number of hydrogen-bond acceptors (Lipinski definition) is 5. The summed E-state index contributed by atoms with van der Waals surface area (Å²) >= 11 is 0. The fourth-order valence-corrected chi connectivity index (χ4v) is 2.23. The van der Waals surface area contributed by atoms with Gasteiger partial charge in [-0.1, -0.05) is 13.0 Å². The van der Waals surface area contributed by atoms with Crippen molar-refractivity contribution in [2.45, 2.75) is 26.4 Å². The highest BCUT2D eigenvalue weighted by Gasteiger charge is 2.18. The Morgan fingerprint density at radius 2 is 2.25 bits per heavy atom. The number of aromatic nitrogens is 3. The molecular weight excluding hydrogens is 252 g/mol. The number of anilines is 1. The average Bonchev–Trinajstić information content (AvgIpc) is 2.53. The molecule has 0 fully saturated rings. The predicted octanol–water partition coefficient (Wildman–Crippen LogP) is 2.43. The molecule has 1 aliphatic rings. The van der Waals surface area contributed by atoms with Crippen molar-refractivity contribution in [2.75, 3.05) is 18.5 Å². The Morgan fingerprint density at radius 3 is 3.05 bits per heavy atom. The molecule has 0 aromatic carbocycles. The quantitative estimate of drug-likeness (QED) is 0.924. The SMILES string of the molecule is CCCNc1nc(-c2ccccn2)nc2c1COCC2. The van der Waals surface area contributed by atoms with Crippen molar-refractivity contribution < 1.29 is 4.74 Å². The first kappa shape index (κ1) is 13.0. The summed E-state index contributed by atoms with van der Waals surface area (Å²) in [6, 6.07) is 5.78. The minimum atomic E-state index is 0.587. The first-order chi connectivity index (χ1) is 9.88. The molecule has 1 aliphatic heterocycles. The van der Waals surface area contributed by atoms with Gasteiger partial charge in [-0.05, 0) is 18.6 Å². The zero-order chi connectivity index (χ0) is 13.8. The Balaban J connectivity index is 2.03. The lowest BCUT2D eigenvalue weighted by Crippen LogP contribution is -2.17. The number of nitrogens with zero attached hydrogens (tertiary/aromatic N) is 3. The molecule has 0 unspecified atom stereocenters. The van der Waals surface area contributed by atoms with E-state index < -0.39 is 0 Å². The van der Waals surface area contributed by atoms with Gasteiger partial charge in [0.1, 0.15) is 11.5 Å². The van der Waals surface area contributed by atoms with Gasteiger partial charge in [-0.15, -0.1) is 0 Å². The summed E-state index contributed by atoms with van der Waals surface area (Å²) < 4.78 is 5.53. The van der Waals surface area contributed by atoms with Gasteiger partial charge in [0, 0.05) is 24.7 Å². The van der Waals surface area contributed by atoms with E-state index in [1.165, 1.54) is 0 Å². The third kappa shape index (κ3) is 2.63. The molecule has 0 atom stereocenters. The number of hydrogen-bond donors (Lipinski definition) is 1. The van der Waals surface area contributed by atoms with E-state index in [1.54, 1.807) is 6.20 Å². The molecule has 0 spiro atoms. The molecule has 3 heterocycles. The first-order valence-corrected chi connectivity index (χ1v) is 7.01. The Morgan fingerprint density at radius 1 is 1.30 bits per heavy atom. The predicted molar refractivity (Wildman–Crippen MR) is 77.4 cm³/mol. The second-order valence-corrected chi connectivity index (χ2v) is 4.77. The minimum Gasteiger partial charge on any atom is -0.376 e. The maximum atomic E-state index is 5.53. The molecule has 0 saturated carbocycles. The van der Waals surface area contributed by atoms with Crippen LogP contribution in [0.15, 0.2) is 24.4 Å². The Kier molecular flexibility index (Phi) is 3.87. The highest BCUT2D eigenvalue weighted by atomic mass is 16.5. The lowest BCUT2D eigenvalue weighted by Gasteiger charge is -2.20. The maximum absolute atomic E-state index is 5.53. The summed E-state index contributed by atoms with van der Waals surface area (Å²) in [6.07, 6.45) is 3.65. The van der Waals surface area contributed by atoms with E-state index >= 15 is 0 Å². The van der Waals surface area contributed by atoms with E-state index in [1.807, 2.05) is 18.2 Å². The van der Waals surface area contributed by atoms with E-state index in [0.29, 0.717) is 12.4 Å². The van der Waals surface area contributed by atoms with Crippen molar-refractivity contribution in [1.29, 1.82) is 0 Å². The van der Waals surface area contributed by atoms with Gasteiger partial charge in [0.15, 0.2) is 5.82 Å². The average molecular weight is 270 g/mol. The van der Waals surface area contributed by atoms with Crippen molar-refractivity contribution in [2.24, 2.45) is 0 Å². The molecule has 0 amide bonds. The topological polar surface area (TPSA) is 59.9 Å². The lowest BCUT2D eigenvalue weighted by molar-refractivity contribution is 0.109. The fourth-order valence-electron chi connectivity index (χ4n) is 2.23. The van der Waals surface area contributed by atoms with E-state index in [-0.39, 0.29) is 0 Å². The van der Waals surface area contributed by atoms with E-state index in [0.717, 1.165) is 48.8 Å². The first-order valence-electron chi connectivity index (χ1n) is 7.01. The van der Waals surface area contributed by atoms with Gasteiger partial charge in [0.05, 0.1) is 18.9 Å². The van der Waals surface area contributed by atoms with Crippen LogP contribution < -0.4 is 5.32 Å². The van der Waals surface area contributed by atoms with Gasteiger partial charge in [-0.3, -0.25) is 4.98 Å². The van der Waals surface area contributed by atoms with Gasteiger partial charge >= 0.3 is 0 Å². The molecule has 5 nitrogen and oxygen atoms in total. The molecule has 104 valence electrons. The van der Waals surface area contributed by atoms with Crippen LogP contribution in [-0.4, -0.2) is 28.1 Å². The number of ether oxygens (including phenoxy) is 1. The summed E-state index contributed by atoms with van der Waals surface area (Å²) in [4.78, 5) is 13.6. The fraction of sp³-hybridized carbons (Fsp3) is 0.400. The van der Waals surface area contributed by atoms with Crippen LogP contribution in [0.5, 0.6) is 0 Å². The molecule has 1 N–H and O–H groups in total. The molecule has 3 rings (SSSR count). The van der Waals surface area contributed by atoms with Gasteiger partial charge in [0.2, 0.25) is 0 Å². The normalized spacial score (nSPS) is 13.8. The number of pyridine rings is 1. The molecular formula is C15H18N4O. The van der Waals surface area contributed by atoms with Crippen molar-refractivity contribution >= 4 is 5.82 Å². The second kappa shape index (κ2) is 5.96. The number of fused-ring (bicyclic) bond motifs is 1. The zero-order valence-corrected chi connectivity index (χ0v) is 11.6. The summed E-state index contributed by atoms with van der Waals surface area (Å²) in [5.74, 6) is 1.57. The standard InChI is InChI=1S/C15H18N4O/c1-2-7-17-14-11-10-20-9-6-12(11)18-15(19-14)13-5-3-4-8-16-13/h3-5,8H,2,6-7,9-10H2,1H3,(H,17,18,19). The van der Waals surface area contributed by atoms with E-state index in [9.17, 15) is 0 Å². The highest BCUT2D eigenvalue weighted by molar-refractivity contribution is 5.56. The molecule has 0 aliphatic carbocycles. The van der Waals surface area contributed by atoms with Gasteiger partial charge in [-0.25, -0.2) is 9.97 Å². The highest BCUT2D eigenvalue weighted by Crippen LogP contribution is 2.25. The molecule has 2 aromatic heterocycles. The molecule has 0 radical (unpaired) electrons. The van der Waals surface area contributed by atoms with Crippen LogP contribution in [0, 0.1) is 0 Å². The summed E-state index contributed by atoms with van der Waals surface area (Å²) in [5.41, 5.74) is 2.97. The van der Waals surface area contributed by atoms with Crippen LogP contribution in [0.2, 0.25) is 0 Å². The Hall–Kier alpha value is -2.01. The third-order valence-corrected chi connectivity index (χ3v) is 3.26.